The number of hydrogen-bond acceptors (Lipinski definition) is 2. The average Bonchev–Trinajstić information content (AvgIpc) is 2.39. The number of halogens is 1. The van der Waals surface area contributed by atoms with Crippen molar-refractivity contribution in [3.8, 4) is 0 Å². The van der Waals surface area contributed by atoms with Gasteiger partial charge in [-0.25, -0.2) is 4.39 Å². The maximum absolute atomic E-state index is 13.2. The Morgan fingerprint density at radius 3 is 2.94 bits per heavy atom. The molecule has 1 aliphatic carbocycles. The Morgan fingerprint density at radius 1 is 1.44 bits per heavy atom. The summed E-state index contributed by atoms with van der Waals surface area (Å²) in [6.07, 6.45) is 5.49. The van der Waals surface area contributed by atoms with Gasteiger partial charge in [0.05, 0.1) is 12.1 Å². The summed E-state index contributed by atoms with van der Waals surface area (Å²) in [6.45, 7) is 2.27. The molecule has 0 aromatic heterocycles. The zero-order valence-corrected chi connectivity index (χ0v) is 11.0. The third-order valence-electron chi connectivity index (χ3n) is 4.20. The molecule has 3 heteroatoms. The minimum absolute atomic E-state index is 0.113. The van der Waals surface area contributed by atoms with Gasteiger partial charge in [-0.1, -0.05) is 32.3 Å². The standard InChI is InChI=1S/C15H22FNO/c1-2-12-6-3-4-9-15(12,11-18)17-14-8-5-7-13(16)10-14/h5,7-8,10,12,17-18H,2-4,6,9,11H2,1H3. The van der Waals surface area contributed by atoms with Crippen LogP contribution >= 0.6 is 0 Å². The molecule has 0 bridgehead atoms. The first kappa shape index (κ1) is 13.3. The second-order valence-corrected chi connectivity index (χ2v) is 5.30. The minimum Gasteiger partial charge on any atom is -0.394 e. The zero-order valence-electron chi connectivity index (χ0n) is 11.0. The normalized spacial score (nSPS) is 28.1. The fourth-order valence-corrected chi connectivity index (χ4v) is 3.17. The Hall–Kier alpha value is -1.09. The largest absolute Gasteiger partial charge is 0.394 e. The van der Waals surface area contributed by atoms with E-state index in [2.05, 4.69) is 12.2 Å². The molecule has 1 aromatic rings. The van der Waals surface area contributed by atoms with E-state index in [4.69, 9.17) is 0 Å². The molecule has 0 saturated heterocycles. The van der Waals surface area contributed by atoms with E-state index in [1.54, 1.807) is 6.07 Å². The number of hydrogen-bond donors (Lipinski definition) is 2. The lowest BCUT2D eigenvalue weighted by molar-refractivity contribution is 0.115. The van der Waals surface area contributed by atoms with Crippen molar-refractivity contribution in [3.63, 3.8) is 0 Å². The zero-order chi connectivity index (χ0) is 13.0. The summed E-state index contributed by atoms with van der Waals surface area (Å²) in [4.78, 5) is 0. The highest BCUT2D eigenvalue weighted by Crippen LogP contribution is 2.38. The Balaban J connectivity index is 2.21. The van der Waals surface area contributed by atoms with E-state index in [9.17, 15) is 9.50 Å². The van der Waals surface area contributed by atoms with Gasteiger partial charge < -0.3 is 10.4 Å². The van der Waals surface area contributed by atoms with Crippen molar-refractivity contribution < 1.29 is 9.50 Å². The molecule has 2 unspecified atom stereocenters. The molecule has 1 aromatic carbocycles. The molecular formula is C15H22FNO. The van der Waals surface area contributed by atoms with Crippen LogP contribution < -0.4 is 5.32 Å². The Kier molecular flexibility index (Phi) is 4.23. The predicted molar refractivity (Wildman–Crippen MR) is 72.1 cm³/mol. The first-order chi connectivity index (χ1) is 8.70. The van der Waals surface area contributed by atoms with Gasteiger partial charge in [-0.05, 0) is 37.0 Å². The monoisotopic (exact) mass is 251 g/mol. The second kappa shape index (κ2) is 5.70. The highest BCUT2D eigenvalue weighted by Gasteiger charge is 2.39. The maximum atomic E-state index is 13.2. The lowest BCUT2D eigenvalue weighted by Gasteiger charge is -2.44. The molecule has 2 N–H and O–H groups in total. The fraction of sp³-hybridized carbons (Fsp3) is 0.600. The van der Waals surface area contributed by atoms with Crippen LogP contribution in [-0.2, 0) is 0 Å². The van der Waals surface area contributed by atoms with Gasteiger partial charge in [0.2, 0.25) is 0 Å². The van der Waals surface area contributed by atoms with Crippen LogP contribution in [0.5, 0.6) is 0 Å². The summed E-state index contributed by atoms with van der Waals surface area (Å²) < 4.78 is 13.2. The fourth-order valence-electron chi connectivity index (χ4n) is 3.17. The molecule has 18 heavy (non-hydrogen) atoms. The quantitative estimate of drug-likeness (QED) is 0.857. The molecular weight excluding hydrogens is 229 g/mol. The molecule has 100 valence electrons. The molecule has 2 rings (SSSR count). The smallest absolute Gasteiger partial charge is 0.125 e. The average molecular weight is 251 g/mol. The summed E-state index contributed by atoms with van der Waals surface area (Å²) >= 11 is 0. The van der Waals surface area contributed by atoms with Gasteiger partial charge in [-0.2, -0.15) is 0 Å². The predicted octanol–water partition coefficient (Wildman–Crippen LogP) is 3.57. The van der Waals surface area contributed by atoms with Crippen molar-refractivity contribution >= 4 is 5.69 Å². The van der Waals surface area contributed by atoms with E-state index in [1.165, 1.54) is 18.6 Å². The molecule has 2 atom stereocenters. The maximum Gasteiger partial charge on any atom is 0.125 e. The number of anilines is 1. The molecule has 1 saturated carbocycles. The van der Waals surface area contributed by atoms with Crippen LogP contribution in [0.4, 0.5) is 10.1 Å². The van der Waals surface area contributed by atoms with E-state index in [0.29, 0.717) is 5.92 Å². The van der Waals surface area contributed by atoms with E-state index < -0.39 is 0 Å². The SMILES string of the molecule is CCC1CCCCC1(CO)Nc1cccc(F)c1. The number of aliphatic hydroxyl groups is 1. The topological polar surface area (TPSA) is 32.3 Å². The van der Waals surface area contributed by atoms with E-state index in [-0.39, 0.29) is 18.0 Å². The molecule has 0 aliphatic heterocycles. The van der Waals surface area contributed by atoms with Gasteiger partial charge in [-0.15, -0.1) is 0 Å². The van der Waals surface area contributed by atoms with Crippen LogP contribution in [0.1, 0.15) is 39.0 Å². The third kappa shape index (κ3) is 2.66. The molecule has 0 heterocycles. The second-order valence-electron chi connectivity index (χ2n) is 5.30. The minimum atomic E-state index is -0.277. The first-order valence-corrected chi connectivity index (χ1v) is 6.85. The van der Waals surface area contributed by atoms with Gasteiger partial charge in [0.25, 0.3) is 0 Å². The third-order valence-corrected chi connectivity index (χ3v) is 4.20. The lowest BCUT2D eigenvalue weighted by Crippen LogP contribution is -2.50. The number of aliphatic hydroxyl groups excluding tert-OH is 1. The Morgan fingerprint density at radius 2 is 2.28 bits per heavy atom. The van der Waals surface area contributed by atoms with Crippen molar-refractivity contribution in [3.05, 3.63) is 30.1 Å². The van der Waals surface area contributed by atoms with Crippen molar-refractivity contribution in [2.24, 2.45) is 5.92 Å². The van der Waals surface area contributed by atoms with Gasteiger partial charge >= 0.3 is 0 Å². The molecule has 0 radical (unpaired) electrons. The highest BCUT2D eigenvalue weighted by molar-refractivity contribution is 5.46. The summed E-state index contributed by atoms with van der Waals surface area (Å²) in [7, 11) is 0. The van der Waals surface area contributed by atoms with E-state index in [0.717, 1.165) is 31.4 Å². The van der Waals surface area contributed by atoms with Gasteiger partial charge in [-0.3, -0.25) is 0 Å². The van der Waals surface area contributed by atoms with Crippen molar-refractivity contribution in [2.75, 3.05) is 11.9 Å². The molecule has 0 spiro atoms. The molecule has 1 fully saturated rings. The lowest BCUT2D eigenvalue weighted by atomic mass is 9.71. The van der Waals surface area contributed by atoms with Crippen molar-refractivity contribution in [1.82, 2.24) is 0 Å². The van der Waals surface area contributed by atoms with Crippen LogP contribution in [-0.4, -0.2) is 17.3 Å². The first-order valence-electron chi connectivity index (χ1n) is 6.85. The summed E-state index contributed by atoms with van der Waals surface area (Å²) in [5.41, 5.74) is 0.491. The Bertz CT molecular complexity index is 396. The van der Waals surface area contributed by atoms with Gasteiger partial charge in [0.15, 0.2) is 0 Å². The number of benzene rings is 1. The summed E-state index contributed by atoms with van der Waals surface area (Å²) in [5, 5.41) is 13.2. The van der Waals surface area contributed by atoms with Crippen LogP contribution in [0.15, 0.2) is 24.3 Å². The van der Waals surface area contributed by atoms with Gasteiger partial charge in [0, 0.05) is 5.69 Å². The molecule has 2 nitrogen and oxygen atoms in total. The van der Waals surface area contributed by atoms with Crippen molar-refractivity contribution in [1.29, 1.82) is 0 Å². The van der Waals surface area contributed by atoms with Crippen molar-refractivity contribution in [2.45, 2.75) is 44.6 Å². The van der Waals surface area contributed by atoms with Crippen LogP contribution in [0.2, 0.25) is 0 Å². The number of nitrogens with one attached hydrogen (secondary N) is 1. The van der Waals surface area contributed by atoms with Crippen LogP contribution in [0, 0.1) is 11.7 Å². The van der Waals surface area contributed by atoms with Crippen LogP contribution in [0.3, 0.4) is 0 Å². The molecule has 0 amide bonds. The molecule has 1 aliphatic rings. The summed E-state index contributed by atoms with van der Waals surface area (Å²) in [6, 6.07) is 6.50. The highest BCUT2D eigenvalue weighted by atomic mass is 19.1. The Labute approximate surface area is 108 Å². The van der Waals surface area contributed by atoms with Gasteiger partial charge in [0.1, 0.15) is 5.82 Å². The number of rotatable bonds is 4. The summed E-state index contributed by atoms with van der Waals surface area (Å²) in [5.74, 6) is 0.219. The van der Waals surface area contributed by atoms with E-state index in [1.807, 2.05) is 6.07 Å². The van der Waals surface area contributed by atoms with Crippen LogP contribution in [0.25, 0.3) is 0 Å². The van der Waals surface area contributed by atoms with E-state index >= 15 is 0 Å².